The summed E-state index contributed by atoms with van der Waals surface area (Å²) in [5, 5.41) is 12.1. The highest BCUT2D eigenvalue weighted by Gasteiger charge is 2.47. The smallest absolute Gasteiger partial charge is 0.251 e. The van der Waals surface area contributed by atoms with Crippen LogP contribution < -0.4 is 14.4 Å². The summed E-state index contributed by atoms with van der Waals surface area (Å²) in [4.78, 5) is 29.6. The van der Waals surface area contributed by atoms with E-state index in [4.69, 9.17) is 9.47 Å². The van der Waals surface area contributed by atoms with Gasteiger partial charge in [0.05, 0.1) is 18.2 Å². The van der Waals surface area contributed by atoms with Crippen LogP contribution in [0, 0.1) is 5.92 Å². The van der Waals surface area contributed by atoms with Gasteiger partial charge in [0, 0.05) is 6.07 Å². The second-order valence-corrected chi connectivity index (χ2v) is 9.63. The molecule has 0 unspecified atom stereocenters. The number of carbonyl (C=O) groups is 2. The van der Waals surface area contributed by atoms with Gasteiger partial charge in [0.2, 0.25) is 12.7 Å². The van der Waals surface area contributed by atoms with Crippen LogP contribution in [-0.2, 0) is 15.2 Å². The van der Waals surface area contributed by atoms with Crippen molar-refractivity contribution in [3.8, 4) is 11.5 Å². The Kier molecular flexibility index (Phi) is 5.74. The van der Waals surface area contributed by atoms with Crippen molar-refractivity contribution in [1.82, 2.24) is 4.90 Å². The van der Waals surface area contributed by atoms with Crippen molar-refractivity contribution in [1.29, 1.82) is 0 Å². The van der Waals surface area contributed by atoms with E-state index in [1.54, 1.807) is 18.2 Å². The summed E-state index contributed by atoms with van der Waals surface area (Å²) in [6.45, 7) is 1.40. The lowest BCUT2D eigenvalue weighted by Crippen LogP contribution is -2.49. The average Bonchev–Trinajstić information content (AvgIpc) is 3.52. The van der Waals surface area contributed by atoms with Crippen LogP contribution in [-0.4, -0.2) is 47.7 Å². The highest BCUT2D eigenvalue weighted by molar-refractivity contribution is 6.22. The maximum absolute atomic E-state index is 13.4. The van der Waals surface area contributed by atoms with E-state index < -0.39 is 11.6 Å². The first-order chi connectivity index (χ1) is 17.6. The van der Waals surface area contributed by atoms with Gasteiger partial charge in [-0.25, -0.2) is 4.90 Å². The van der Waals surface area contributed by atoms with Crippen molar-refractivity contribution in [2.24, 2.45) is 5.92 Å². The zero-order chi connectivity index (χ0) is 24.7. The summed E-state index contributed by atoms with van der Waals surface area (Å²) in [6, 6.07) is 24.2. The Labute approximate surface area is 209 Å². The highest BCUT2D eigenvalue weighted by Crippen LogP contribution is 2.43. The zero-order valence-corrected chi connectivity index (χ0v) is 19.9. The number of hydrogen-bond donors (Lipinski definition) is 1. The fourth-order valence-corrected chi connectivity index (χ4v) is 5.85. The lowest BCUT2D eigenvalue weighted by atomic mass is 9.72. The number of carbonyl (C=O) groups excluding carboxylic acids is 2. The molecule has 3 aliphatic heterocycles. The number of hydrogen-bond acceptors (Lipinski definition) is 6. The number of ether oxygens (including phenoxy) is 2. The van der Waals surface area contributed by atoms with Crippen molar-refractivity contribution < 1.29 is 24.2 Å². The Morgan fingerprint density at radius 1 is 0.806 bits per heavy atom. The second kappa shape index (κ2) is 9.08. The predicted octanol–water partition coefficient (Wildman–Crippen LogP) is 3.70. The molecule has 1 atom stereocenters. The topological polar surface area (TPSA) is 79.3 Å². The molecule has 0 aromatic heterocycles. The number of nitrogens with zero attached hydrogens (tertiary/aromatic N) is 2. The normalized spacial score (nSPS) is 20.8. The molecule has 36 heavy (non-hydrogen) atoms. The Morgan fingerprint density at radius 3 is 2.06 bits per heavy atom. The number of imide groups is 1. The molecule has 0 radical (unpaired) electrons. The maximum atomic E-state index is 13.4. The molecule has 1 N–H and O–H groups in total. The minimum absolute atomic E-state index is 0.0179. The van der Waals surface area contributed by atoms with Crippen LogP contribution in [0.4, 0.5) is 5.69 Å². The van der Waals surface area contributed by atoms with E-state index in [2.05, 4.69) is 4.90 Å². The van der Waals surface area contributed by atoms with Crippen LogP contribution in [0.15, 0.2) is 78.9 Å². The SMILES string of the molecule is O=C1C[C@H](N2CCC(C(O)(c3ccccc3)c3ccccc3)CC2)C(=O)N1c1ccc2c(c1)OCO2. The Bertz CT molecular complexity index is 1230. The quantitative estimate of drug-likeness (QED) is 0.557. The van der Waals surface area contributed by atoms with E-state index >= 15 is 0 Å². The van der Waals surface area contributed by atoms with Crippen molar-refractivity contribution in [3.05, 3.63) is 90.0 Å². The van der Waals surface area contributed by atoms with Gasteiger partial charge in [0.25, 0.3) is 5.91 Å². The molecule has 0 bridgehead atoms. The first-order valence-corrected chi connectivity index (χ1v) is 12.4. The molecule has 7 heteroatoms. The number of likely N-dealkylation sites (tertiary alicyclic amines) is 1. The highest BCUT2D eigenvalue weighted by atomic mass is 16.7. The number of fused-ring (bicyclic) bond motifs is 1. The molecule has 3 heterocycles. The number of amides is 2. The van der Waals surface area contributed by atoms with E-state index in [-0.39, 0.29) is 30.9 Å². The van der Waals surface area contributed by atoms with Crippen molar-refractivity contribution in [3.63, 3.8) is 0 Å². The van der Waals surface area contributed by atoms with Crippen molar-refractivity contribution >= 4 is 17.5 Å². The third-order valence-corrected chi connectivity index (χ3v) is 7.73. The van der Waals surface area contributed by atoms with E-state index in [0.717, 1.165) is 11.1 Å². The minimum atomic E-state index is -1.12. The molecule has 3 aromatic carbocycles. The van der Waals surface area contributed by atoms with Crippen LogP contribution in [0.1, 0.15) is 30.4 Å². The van der Waals surface area contributed by atoms with Gasteiger partial charge in [-0.3, -0.25) is 14.5 Å². The molecule has 2 saturated heterocycles. The molecule has 2 fully saturated rings. The van der Waals surface area contributed by atoms with E-state index in [1.165, 1.54) is 4.90 Å². The fraction of sp³-hybridized carbons (Fsp3) is 0.310. The molecule has 7 nitrogen and oxygen atoms in total. The molecule has 6 rings (SSSR count). The van der Waals surface area contributed by atoms with Gasteiger partial charge in [-0.2, -0.15) is 0 Å². The van der Waals surface area contributed by atoms with Crippen LogP contribution in [0.25, 0.3) is 0 Å². The average molecular weight is 485 g/mol. The minimum Gasteiger partial charge on any atom is -0.454 e. The fourth-order valence-electron chi connectivity index (χ4n) is 5.85. The van der Waals surface area contributed by atoms with Gasteiger partial charge < -0.3 is 14.6 Å². The summed E-state index contributed by atoms with van der Waals surface area (Å²) < 4.78 is 10.8. The molecule has 184 valence electrons. The van der Waals surface area contributed by atoms with Crippen LogP contribution in [0.5, 0.6) is 11.5 Å². The van der Waals surface area contributed by atoms with E-state index in [9.17, 15) is 14.7 Å². The summed E-state index contributed by atoms with van der Waals surface area (Å²) in [5.41, 5.74) is 1.13. The van der Waals surface area contributed by atoms with Crippen molar-refractivity contribution in [2.45, 2.75) is 30.9 Å². The predicted molar refractivity (Wildman–Crippen MR) is 134 cm³/mol. The number of aliphatic hydroxyl groups is 1. The molecule has 0 saturated carbocycles. The summed E-state index contributed by atoms with van der Waals surface area (Å²) in [5.74, 6) is 0.713. The van der Waals surface area contributed by atoms with Crippen molar-refractivity contribution in [2.75, 3.05) is 24.8 Å². The maximum Gasteiger partial charge on any atom is 0.251 e. The summed E-state index contributed by atoms with van der Waals surface area (Å²) >= 11 is 0. The molecule has 3 aliphatic rings. The van der Waals surface area contributed by atoms with E-state index in [1.807, 2.05) is 60.7 Å². The lowest BCUT2D eigenvalue weighted by Gasteiger charge is -2.43. The monoisotopic (exact) mass is 484 g/mol. The molecule has 3 aromatic rings. The Morgan fingerprint density at radius 2 is 1.42 bits per heavy atom. The molecule has 2 amide bonds. The number of piperidine rings is 1. The number of benzene rings is 3. The number of anilines is 1. The van der Waals surface area contributed by atoms with Gasteiger partial charge in [-0.05, 0) is 55.1 Å². The third-order valence-electron chi connectivity index (χ3n) is 7.73. The Hall–Kier alpha value is -3.68. The summed E-state index contributed by atoms with van der Waals surface area (Å²) in [7, 11) is 0. The lowest BCUT2D eigenvalue weighted by molar-refractivity contribution is -0.123. The molecular weight excluding hydrogens is 456 g/mol. The molecule has 0 spiro atoms. The van der Waals surface area contributed by atoms with Gasteiger partial charge in [0.15, 0.2) is 11.5 Å². The second-order valence-electron chi connectivity index (χ2n) is 9.63. The van der Waals surface area contributed by atoms with Crippen LogP contribution in [0.3, 0.4) is 0 Å². The largest absolute Gasteiger partial charge is 0.454 e. The summed E-state index contributed by atoms with van der Waals surface area (Å²) in [6.07, 6.45) is 1.57. The molecular formula is C29H28N2O5. The van der Waals surface area contributed by atoms with E-state index in [0.29, 0.717) is 43.1 Å². The van der Waals surface area contributed by atoms with Gasteiger partial charge in [0.1, 0.15) is 5.60 Å². The Balaban J connectivity index is 1.20. The first kappa shape index (κ1) is 22.8. The molecule has 0 aliphatic carbocycles. The van der Waals surface area contributed by atoms with Gasteiger partial charge >= 0.3 is 0 Å². The first-order valence-electron chi connectivity index (χ1n) is 12.4. The van der Waals surface area contributed by atoms with Gasteiger partial charge in [-0.15, -0.1) is 0 Å². The van der Waals surface area contributed by atoms with Crippen LogP contribution >= 0.6 is 0 Å². The third kappa shape index (κ3) is 3.75. The van der Waals surface area contributed by atoms with Crippen LogP contribution in [0.2, 0.25) is 0 Å². The zero-order valence-electron chi connectivity index (χ0n) is 19.9. The standard InChI is InChI=1S/C29H28N2O5/c32-27-18-24(28(33)31(27)23-11-12-25-26(17-23)36-19-35-25)30-15-13-22(14-16-30)29(34,20-7-3-1-4-8-20)21-9-5-2-6-10-21/h1-12,17,22,24,34H,13-16,18-19H2/t24-/m0/s1. The van der Waals surface area contributed by atoms with Gasteiger partial charge in [-0.1, -0.05) is 60.7 Å². The number of rotatable bonds is 5.